The summed E-state index contributed by atoms with van der Waals surface area (Å²) in [6.45, 7) is 13.1. The van der Waals surface area contributed by atoms with Gasteiger partial charge in [-0.2, -0.15) is 0 Å². The van der Waals surface area contributed by atoms with Gasteiger partial charge in [-0.05, 0) is 91.8 Å². The van der Waals surface area contributed by atoms with Crippen molar-refractivity contribution < 1.29 is 19.0 Å². The number of hydrogen-bond donors (Lipinski definition) is 0. The summed E-state index contributed by atoms with van der Waals surface area (Å²) in [6, 6.07) is 0. The molecule has 0 aromatic heterocycles. The van der Waals surface area contributed by atoms with E-state index in [1.165, 1.54) is 116 Å². The van der Waals surface area contributed by atoms with Crippen molar-refractivity contribution in [1.82, 2.24) is 0 Å². The monoisotopic (exact) mass is 653 g/mol. The zero-order valence-electron chi connectivity index (χ0n) is 31.3. The van der Waals surface area contributed by atoms with Gasteiger partial charge in [-0.25, -0.2) is 0 Å². The van der Waals surface area contributed by atoms with Crippen LogP contribution < -0.4 is 0 Å². The van der Waals surface area contributed by atoms with Crippen molar-refractivity contribution in [2.24, 2.45) is 46.3 Å². The number of carbonyl (C=O) groups excluding carboxylic acids is 1. The quantitative estimate of drug-likeness (QED) is 0.100. The summed E-state index contributed by atoms with van der Waals surface area (Å²) in [7, 11) is 0. The number of esters is 1. The lowest BCUT2D eigenvalue weighted by Gasteiger charge is -2.58. The molecule has 0 unspecified atom stereocenters. The van der Waals surface area contributed by atoms with Crippen LogP contribution in [-0.2, 0) is 19.0 Å². The molecule has 1 spiro atoms. The van der Waals surface area contributed by atoms with Gasteiger partial charge in [-0.1, -0.05) is 123 Å². The molecule has 2 saturated heterocycles. The summed E-state index contributed by atoms with van der Waals surface area (Å²) >= 11 is 0. The first-order chi connectivity index (χ1) is 22.7. The molecule has 3 saturated carbocycles. The molecule has 2 aliphatic heterocycles. The van der Waals surface area contributed by atoms with Gasteiger partial charge in [0.2, 0.25) is 0 Å². The maximum atomic E-state index is 12.8. The molecule has 0 bridgehead atoms. The predicted molar refractivity (Wildman–Crippen MR) is 192 cm³/mol. The fraction of sp³-hybridized carbons (Fsp3) is 0.930. The zero-order chi connectivity index (χ0) is 33.1. The number of unbranched alkanes of at least 4 members (excludes halogenated alkanes) is 12. The van der Waals surface area contributed by atoms with Crippen molar-refractivity contribution in [2.45, 2.75) is 200 Å². The lowest BCUT2D eigenvalue weighted by molar-refractivity contribution is -0.272. The molecule has 6 rings (SSSR count). The molecule has 0 aromatic rings. The van der Waals surface area contributed by atoms with E-state index in [1.54, 1.807) is 5.57 Å². The molecule has 6 aliphatic rings. The van der Waals surface area contributed by atoms with E-state index < -0.39 is 0 Å². The summed E-state index contributed by atoms with van der Waals surface area (Å²) in [5.41, 5.74) is 2.25. The van der Waals surface area contributed by atoms with Crippen LogP contribution >= 0.6 is 0 Å². The molecule has 4 nitrogen and oxygen atoms in total. The first kappa shape index (κ1) is 35.9. The van der Waals surface area contributed by atoms with E-state index >= 15 is 0 Å². The Morgan fingerprint density at radius 2 is 1.53 bits per heavy atom. The highest BCUT2D eigenvalue weighted by Crippen LogP contribution is 2.70. The zero-order valence-corrected chi connectivity index (χ0v) is 31.3. The number of fused-ring (bicyclic) bond motifs is 7. The Balaban J connectivity index is 0.920. The highest BCUT2D eigenvalue weighted by Gasteiger charge is 2.68. The molecule has 0 aromatic carbocycles. The molecule has 2 heterocycles. The van der Waals surface area contributed by atoms with Gasteiger partial charge >= 0.3 is 5.97 Å². The van der Waals surface area contributed by atoms with Gasteiger partial charge in [0.15, 0.2) is 5.79 Å². The summed E-state index contributed by atoms with van der Waals surface area (Å²) in [5.74, 6) is 3.78. The Labute approximate surface area is 289 Å². The third kappa shape index (κ3) is 7.45. The first-order valence-corrected chi connectivity index (χ1v) is 20.9. The van der Waals surface area contributed by atoms with Gasteiger partial charge in [-0.15, -0.1) is 0 Å². The molecule has 0 N–H and O–H groups in total. The molecular formula is C43H72O4. The van der Waals surface area contributed by atoms with Gasteiger partial charge in [0, 0.05) is 25.2 Å². The normalized spacial score (nSPS) is 42.4. The van der Waals surface area contributed by atoms with E-state index in [1.807, 2.05) is 0 Å². The maximum absolute atomic E-state index is 12.8. The summed E-state index contributed by atoms with van der Waals surface area (Å²) in [5, 5.41) is 0. The van der Waals surface area contributed by atoms with E-state index in [0.717, 1.165) is 50.0 Å². The van der Waals surface area contributed by atoms with E-state index in [4.69, 9.17) is 14.2 Å². The molecule has 11 atom stereocenters. The van der Waals surface area contributed by atoms with Crippen molar-refractivity contribution in [3.63, 3.8) is 0 Å². The Morgan fingerprint density at radius 1 is 0.851 bits per heavy atom. The third-order valence-corrected chi connectivity index (χ3v) is 15.1. The van der Waals surface area contributed by atoms with Crippen molar-refractivity contribution in [3.05, 3.63) is 11.6 Å². The van der Waals surface area contributed by atoms with Crippen molar-refractivity contribution in [1.29, 1.82) is 0 Å². The van der Waals surface area contributed by atoms with Crippen LogP contribution in [0.25, 0.3) is 0 Å². The van der Waals surface area contributed by atoms with Crippen LogP contribution in [0.3, 0.4) is 0 Å². The molecule has 268 valence electrons. The number of rotatable bonds is 15. The van der Waals surface area contributed by atoms with Crippen LogP contribution in [0.15, 0.2) is 11.6 Å². The smallest absolute Gasteiger partial charge is 0.306 e. The molecular weight excluding hydrogens is 580 g/mol. The van der Waals surface area contributed by atoms with Gasteiger partial charge < -0.3 is 14.2 Å². The molecule has 5 fully saturated rings. The summed E-state index contributed by atoms with van der Waals surface area (Å²) < 4.78 is 19.7. The molecule has 4 aliphatic carbocycles. The van der Waals surface area contributed by atoms with Crippen LogP contribution in [0.2, 0.25) is 0 Å². The molecule has 4 heteroatoms. The fourth-order valence-electron chi connectivity index (χ4n) is 12.3. The SMILES string of the molecule is CCCCCCCCCCCCCCCC(=O)O[C@H]1CC[C@@]2(C)C(=CC[C@H]3[C@H]4C[C@@H]5O[C@]6(CC[C@@H](C)CO6)[C@@H](C)[C@@H]5[C@@]4(C)CC[C@@H]32)C1. The topological polar surface area (TPSA) is 44.8 Å². The minimum absolute atomic E-state index is 0.0465. The van der Waals surface area contributed by atoms with Crippen molar-refractivity contribution in [2.75, 3.05) is 6.61 Å². The van der Waals surface area contributed by atoms with Gasteiger partial charge in [0.25, 0.3) is 0 Å². The fourth-order valence-corrected chi connectivity index (χ4v) is 12.3. The molecule has 0 radical (unpaired) electrons. The van der Waals surface area contributed by atoms with E-state index in [9.17, 15) is 4.79 Å². The Hall–Kier alpha value is -0.870. The highest BCUT2D eigenvalue weighted by molar-refractivity contribution is 5.69. The lowest BCUT2D eigenvalue weighted by Crippen LogP contribution is -2.52. The molecule has 0 amide bonds. The van der Waals surface area contributed by atoms with Crippen LogP contribution in [0.5, 0.6) is 0 Å². The van der Waals surface area contributed by atoms with Gasteiger partial charge in [0.05, 0.1) is 12.7 Å². The number of carbonyl (C=O) groups is 1. The summed E-state index contributed by atoms with van der Waals surface area (Å²) in [6.07, 6.45) is 31.6. The van der Waals surface area contributed by atoms with Crippen LogP contribution in [-0.4, -0.2) is 30.6 Å². The van der Waals surface area contributed by atoms with Crippen LogP contribution in [0, 0.1) is 46.3 Å². The highest BCUT2D eigenvalue weighted by atomic mass is 16.7. The first-order valence-electron chi connectivity index (χ1n) is 20.9. The second-order valence-electron chi connectivity index (χ2n) is 18.1. The van der Waals surface area contributed by atoms with Crippen LogP contribution in [0.1, 0.15) is 182 Å². The summed E-state index contributed by atoms with van der Waals surface area (Å²) in [4.78, 5) is 12.8. The second kappa shape index (κ2) is 15.6. The average Bonchev–Trinajstić information content (AvgIpc) is 3.50. The Morgan fingerprint density at radius 3 is 2.19 bits per heavy atom. The average molecular weight is 653 g/mol. The predicted octanol–water partition coefficient (Wildman–Crippen LogP) is 11.7. The van der Waals surface area contributed by atoms with E-state index in [2.05, 4.69) is 40.7 Å². The van der Waals surface area contributed by atoms with Gasteiger partial charge in [-0.3, -0.25) is 4.79 Å². The number of ether oxygens (including phenoxy) is 3. The minimum atomic E-state index is -0.319. The van der Waals surface area contributed by atoms with E-state index in [0.29, 0.717) is 35.7 Å². The largest absolute Gasteiger partial charge is 0.462 e. The lowest BCUT2D eigenvalue weighted by atomic mass is 9.47. The van der Waals surface area contributed by atoms with Crippen LogP contribution in [0.4, 0.5) is 0 Å². The number of hydrogen-bond acceptors (Lipinski definition) is 4. The van der Waals surface area contributed by atoms with Crippen molar-refractivity contribution >= 4 is 5.97 Å². The van der Waals surface area contributed by atoms with Crippen molar-refractivity contribution in [3.8, 4) is 0 Å². The minimum Gasteiger partial charge on any atom is -0.462 e. The molecule has 47 heavy (non-hydrogen) atoms. The van der Waals surface area contributed by atoms with E-state index in [-0.39, 0.29) is 23.3 Å². The number of allylic oxidation sites excluding steroid dienone is 1. The van der Waals surface area contributed by atoms with Gasteiger partial charge in [0.1, 0.15) is 6.10 Å². The Bertz CT molecular complexity index is 1060. The standard InChI is InChI=1S/C43H72O4/c1-6-7-8-9-10-11-12-13-14-15-16-17-18-19-39(44)46-34-23-25-41(4)33(28-34)20-21-35-36(41)24-26-42(5)37(35)29-38-40(42)32(3)43(47-38)27-22-31(2)30-45-43/h20,31-32,34-38,40H,6-19,21-30H2,1-5H3/t31-,32+,34+,35-,36+,37-,38+,40+,41+,42+,43-/m1/s1. The second-order valence-corrected chi connectivity index (χ2v) is 18.1. The third-order valence-electron chi connectivity index (χ3n) is 15.1. The maximum Gasteiger partial charge on any atom is 0.306 e. The Kier molecular flexibility index (Phi) is 11.9.